The molecule has 0 fully saturated rings. The number of esters is 1. The van der Waals surface area contributed by atoms with Crippen molar-refractivity contribution in [2.75, 3.05) is 12.3 Å². The van der Waals surface area contributed by atoms with E-state index in [-0.39, 0.29) is 19.1 Å². The first-order valence-corrected chi connectivity index (χ1v) is 6.30. The topological polar surface area (TPSA) is 61.5 Å². The molecule has 1 unspecified atom stereocenters. The van der Waals surface area contributed by atoms with Crippen LogP contribution in [0.5, 0.6) is 0 Å². The van der Waals surface area contributed by atoms with Gasteiger partial charge in [-0.25, -0.2) is 9.18 Å². The van der Waals surface area contributed by atoms with Crippen LogP contribution in [0.3, 0.4) is 0 Å². The summed E-state index contributed by atoms with van der Waals surface area (Å²) in [6, 6.07) is 4.26. The van der Waals surface area contributed by atoms with Crippen LogP contribution in [0, 0.1) is 5.82 Å². The predicted octanol–water partition coefficient (Wildman–Crippen LogP) is 2.31. The van der Waals surface area contributed by atoms with Crippen molar-refractivity contribution >= 4 is 11.7 Å². The lowest BCUT2D eigenvalue weighted by atomic mass is 10.1. The van der Waals surface area contributed by atoms with Crippen LogP contribution in [-0.2, 0) is 20.7 Å². The molecule has 2 N–H and O–H groups in total. The average molecular weight is 269 g/mol. The van der Waals surface area contributed by atoms with E-state index in [1.54, 1.807) is 6.92 Å². The van der Waals surface area contributed by atoms with Crippen LogP contribution in [0.2, 0.25) is 0 Å². The zero-order valence-electron chi connectivity index (χ0n) is 11.5. The maximum Gasteiger partial charge on any atom is 0.335 e. The van der Waals surface area contributed by atoms with Crippen molar-refractivity contribution in [2.24, 2.45) is 0 Å². The van der Waals surface area contributed by atoms with E-state index in [4.69, 9.17) is 15.2 Å². The summed E-state index contributed by atoms with van der Waals surface area (Å²) in [5, 5.41) is 0. The molecular weight excluding hydrogens is 249 g/mol. The van der Waals surface area contributed by atoms with Crippen LogP contribution in [0.25, 0.3) is 0 Å². The Hall–Kier alpha value is -1.62. The summed E-state index contributed by atoms with van der Waals surface area (Å²) in [7, 11) is 0. The zero-order chi connectivity index (χ0) is 14.4. The second-order valence-corrected chi connectivity index (χ2v) is 4.48. The first kappa shape index (κ1) is 15.4. The maximum absolute atomic E-state index is 13.7. The molecule has 1 atom stereocenters. The van der Waals surface area contributed by atoms with Gasteiger partial charge in [0.2, 0.25) is 0 Å². The molecule has 0 aromatic heterocycles. The van der Waals surface area contributed by atoms with Crippen LogP contribution in [-0.4, -0.2) is 24.8 Å². The third kappa shape index (κ3) is 4.87. The highest BCUT2D eigenvalue weighted by Crippen LogP contribution is 2.16. The van der Waals surface area contributed by atoms with Gasteiger partial charge in [-0.05, 0) is 44.5 Å². The minimum Gasteiger partial charge on any atom is -0.464 e. The van der Waals surface area contributed by atoms with Crippen LogP contribution >= 0.6 is 0 Å². The van der Waals surface area contributed by atoms with Gasteiger partial charge in [0.1, 0.15) is 5.82 Å². The van der Waals surface area contributed by atoms with Crippen LogP contribution in [0.1, 0.15) is 26.3 Å². The van der Waals surface area contributed by atoms with E-state index in [0.717, 1.165) is 0 Å². The van der Waals surface area contributed by atoms with Crippen molar-refractivity contribution in [3.63, 3.8) is 0 Å². The SMILES string of the molecule is CCOC(=O)C(Cc1cc(N)ccc1F)OC(C)C. The second-order valence-electron chi connectivity index (χ2n) is 4.48. The maximum atomic E-state index is 13.7. The number of hydrogen-bond acceptors (Lipinski definition) is 4. The highest BCUT2D eigenvalue weighted by atomic mass is 19.1. The lowest BCUT2D eigenvalue weighted by Gasteiger charge is -2.19. The minimum absolute atomic E-state index is 0.105. The van der Waals surface area contributed by atoms with Gasteiger partial charge in [0.15, 0.2) is 6.10 Å². The fourth-order valence-electron chi connectivity index (χ4n) is 1.70. The summed E-state index contributed by atoms with van der Waals surface area (Å²) in [5.74, 6) is -0.895. The number of anilines is 1. The lowest BCUT2D eigenvalue weighted by molar-refractivity contribution is -0.159. The van der Waals surface area contributed by atoms with Gasteiger partial charge in [0.05, 0.1) is 12.7 Å². The van der Waals surface area contributed by atoms with Crippen molar-refractivity contribution in [3.05, 3.63) is 29.6 Å². The summed E-state index contributed by atoms with van der Waals surface area (Å²) in [6.45, 7) is 5.59. The number of halogens is 1. The van der Waals surface area contributed by atoms with Crippen molar-refractivity contribution in [1.82, 2.24) is 0 Å². The number of nitrogen functional groups attached to an aromatic ring is 1. The number of hydrogen-bond donors (Lipinski definition) is 1. The quantitative estimate of drug-likeness (QED) is 0.636. The number of nitrogens with two attached hydrogens (primary N) is 1. The third-order valence-electron chi connectivity index (χ3n) is 2.46. The van der Waals surface area contributed by atoms with Gasteiger partial charge in [-0.2, -0.15) is 0 Å². The van der Waals surface area contributed by atoms with E-state index in [9.17, 15) is 9.18 Å². The van der Waals surface area contributed by atoms with Gasteiger partial charge < -0.3 is 15.2 Å². The summed E-state index contributed by atoms with van der Waals surface area (Å²) < 4.78 is 24.1. The van der Waals surface area contributed by atoms with E-state index < -0.39 is 17.9 Å². The van der Waals surface area contributed by atoms with Crippen LogP contribution < -0.4 is 5.73 Å². The van der Waals surface area contributed by atoms with Crippen molar-refractivity contribution in [2.45, 2.75) is 39.4 Å². The number of benzene rings is 1. The molecule has 0 saturated carbocycles. The first-order valence-electron chi connectivity index (χ1n) is 6.30. The molecule has 0 saturated heterocycles. The summed E-state index contributed by atoms with van der Waals surface area (Å²) >= 11 is 0. The van der Waals surface area contributed by atoms with Gasteiger partial charge >= 0.3 is 5.97 Å². The molecule has 4 nitrogen and oxygen atoms in total. The standard InChI is InChI=1S/C14H20FNO3/c1-4-18-14(17)13(19-9(2)3)8-10-7-11(16)5-6-12(10)15/h5-7,9,13H,4,8,16H2,1-3H3. The lowest BCUT2D eigenvalue weighted by Crippen LogP contribution is -2.31. The number of carbonyl (C=O) groups excluding carboxylic acids is 1. The summed E-state index contributed by atoms with van der Waals surface area (Å²) in [5.41, 5.74) is 6.41. The Bertz CT molecular complexity index is 435. The van der Waals surface area contributed by atoms with Gasteiger partial charge in [0, 0.05) is 12.1 Å². The van der Waals surface area contributed by atoms with Crippen molar-refractivity contribution in [1.29, 1.82) is 0 Å². The molecule has 1 aromatic rings. The molecule has 1 aromatic carbocycles. The molecule has 0 heterocycles. The molecule has 0 aliphatic rings. The highest BCUT2D eigenvalue weighted by molar-refractivity contribution is 5.75. The second kappa shape index (κ2) is 7.09. The third-order valence-corrected chi connectivity index (χ3v) is 2.46. The van der Waals surface area contributed by atoms with E-state index in [1.165, 1.54) is 18.2 Å². The first-order chi connectivity index (χ1) is 8.93. The van der Waals surface area contributed by atoms with Crippen LogP contribution in [0.15, 0.2) is 18.2 Å². The molecule has 19 heavy (non-hydrogen) atoms. The molecular formula is C14H20FNO3. The van der Waals surface area contributed by atoms with E-state index in [0.29, 0.717) is 11.3 Å². The Kier molecular flexibility index (Phi) is 5.76. The predicted molar refractivity (Wildman–Crippen MR) is 71.2 cm³/mol. The molecule has 1 rings (SSSR count). The molecule has 0 bridgehead atoms. The molecule has 0 spiro atoms. The Labute approximate surface area is 112 Å². The van der Waals surface area contributed by atoms with Crippen LogP contribution in [0.4, 0.5) is 10.1 Å². The van der Waals surface area contributed by atoms with Crippen molar-refractivity contribution in [3.8, 4) is 0 Å². The van der Waals surface area contributed by atoms with E-state index >= 15 is 0 Å². The monoisotopic (exact) mass is 269 g/mol. The van der Waals surface area contributed by atoms with E-state index in [2.05, 4.69) is 0 Å². The fraction of sp³-hybridized carbons (Fsp3) is 0.500. The Balaban J connectivity index is 2.86. The Morgan fingerprint density at radius 2 is 2.11 bits per heavy atom. The number of carbonyl (C=O) groups is 1. The molecule has 5 heteroatoms. The van der Waals surface area contributed by atoms with Gasteiger partial charge in [0.25, 0.3) is 0 Å². The number of ether oxygens (including phenoxy) is 2. The molecule has 0 aliphatic heterocycles. The molecule has 0 amide bonds. The molecule has 0 radical (unpaired) electrons. The Morgan fingerprint density at radius 3 is 2.68 bits per heavy atom. The van der Waals surface area contributed by atoms with Gasteiger partial charge in [-0.1, -0.05) is 0 Å². The van der Waals surface area contributed by atoms with E-state index in [1.807, 2.05) is 13.8 Å². The zero-order valence-corrected chi connectivity index (χ0v) is 11.5. The van der Waals surface area contributed by atoms with Gasteiger partial charge in [-0.3, -0.25) is 0 Å². The summed E-state index contributed by atoms with van der Waals surface area (Å²) in [4.78, 5) is 11.8. The highest BCUT2D eigenvalue weighted by Gasteiger charge is 2.23. The fourth-order valence-corrected chi connectivity index (χ4v) is 1.70. The molecule has 0 aliphatic carbocycles. The summed E-state index contributed by atoms with van der Waals surface area (Å²) in [6.07, 6.45) is -0.872. The Morgan fingerprint density at radius 1 is 1.42 bits per heavy atom. The van der Waals surface area contributed by atoms with Crippen molar-refractivity contribution < 1.29 is 18.7 Å². The average Bonchev–Trinajstić information content (AvgIpc) is 2.32. The molecule has 106 valence electrons. The largest absolute Gasteiger partial charge is 0.464 e. The van der Waals surface area contributed by atoms with Gasteiger partial charge in [-0.15, -0.1) is 0 Å². The minimum atomic E-state index is -0.823. The smallest absolute Gasteiger partial charge is 0.335 e. The normalized spacial score (nSPS) is 12.5. The number of rotatable bonds is 6.